The van der Waals surface area contributed by atoms with Gasteiger partial charge in [-0.15, -0.1) is 0 Å². The molecule has 0 bridgehead atoms. The Kier molecular flexibility index (Phi) is 4.74. The van der Waals surface area contributed by atoms with E-state index in [0.29, 0.717) is 17.9 Å². The summed E-state index contributed by atoms with van der Waals surface area (Å²) in [5.74, 6) is 0. The van der Waals surface area contributed by atoms with Gasteiger partial charge in [-0.25, -0.2) is 4.39 Å². The van der Waals surface area contributed by atoms with Gasteiger partial charge in [0, 0.05) is 17.8 Å². The van der Waals surface area contributed by atoms with Crippen LogP contribution in [-0.4, -0.2) is 11.7 Å². The molecule has 0 amide bonds. The summed E-state index contributed by atoms with van der Waals surface area (Å²) in [6, 6.07) is 16.4. The van der Waals surface area contributed by atoms with Crippen molar-refractivity contribution in [2.75, 3.05) is 11.9 Å². The molecule has 0 aliphatic carbocycles. The molecule has 4 heteroatoms. The number of aliphatic hydroxyl groups is 1. The molecule has 0 radical (unpaired) electrons. The number of halogens is 1. The van der Waals surface area contributed by atoms with Gasteiger partial charge in [-0.2, -0.15) is 0 Å². The molecule has 2 aromatic carbocycles. The molecule has 1 aliphatic heterocycles. The predicted octanol–water partition coefficient (Wildman–Crippen LogP) is 3.63. The van der Waals surface area contributed by atoms with Crippen LogP contribution in [0.4, 0.5) is 10.1 Å². The van der Waals surface area contributed by atoms with Gasteiger partial charge in [0.1, 0.15) is 6.10 Å². The average Bonchev–Trinajstić information content (AvgIpc) is 2.62. The first-order valence-electron chi connectivity index (χ1n) is 7.84. The van der Waals surface area contributed by atoms with Crippen molar-refractivity contribution in [2.45, 2.75) is 25.0 Å². The van der Waals surface area contributed by atoms with Crippen LogP contribution in [0, 0.1) is 0 Å². The fourth-order valence-electron chi connectivity index (χ4n) is 3.06. The third kappa shape index (κ3) is 3.28. The molecule has 1 aliphatic rings. The SMILES string of the molecule is NC/C(=C\F)C(O)c1ccc2c(c1)CCC(c1ccccc1)N2. The maximum Gasteiger partial charge on any atom is 0.104 e. The lowest BCUT2D eigenvalue weighted by atomic mass is 9.91. The zero-order valence-corrected chi connectivity index (χ0v) is 12.9. The smallest absolute Gasteiger partial charge is 0.104 e. The second kappa shape index (κ2) is 6.94. The molecule has 1 heterocycles. The highest BCUT2D eigenvalue weighted by Crippen LogP contribution is 2.34. The zero-order valence-electron chi connectivity index (χ0n) is 12.9. The van der Waals surface area contributed by atoms with Gasteiger partial charge < -0.3 is 16.2 Å². The van der Waals surface area contributed by atoms with Crippen molar-refractivity contribution >= 4 is 5.69 Å². The van der Waals surface area contributed by atoms with Crippen LogP contribution in [0.15, 0.2) is 60.4 Å². The van der Waals surface area contributed by atoms with Crippen LogP contribution >= 0.6 is 0 Å². The van der Waals surface area contributed by atoms with Crippen LogP contribution in [0.5, 0.6) is 0 Å². The van der Waals surface area contributed by atoms with Gasteiger partial charge in [-0.05, 0) is 35.6 Å². The number of rotatable bonds is 4. The molecule has 120 valence electrons. The van der Waals surface area contributed by atoms with Crippen molar-refractivity contribution in [3.8, 4) is 0 Å². The number of aliphatic hydroxyl groups excluding tert-OH is 1. The molecule has 3 nitrogen and oxygen atoms in total. The number of hydrogen-bond donors (Lipinski definition) is 3. The monoisotopic (exact) mass is 312 g/mol. The molecular weight excluding hydrogens is 291 g/mol. The molecule has 0 saturated carbocycles. The lowest BCUT2D eigenvalue weighted by Crippen LogP contribution is -2.18. The maximum absolute atomic E-state index is 12.8. The van der Waals surface area contributed by atoms with E-state index in [0.717, 1.165) is 24.1 Å². The van der Waals surface area contributed by atoms with Gasteiger partial charge >= 0.3 is 0 Å². The largest absolute Gasteiger partial charge is 0.384 e. The number of hydrogen-bond acceptors (Lipinski definition) is 3. The van der Waals surface area contributed by atoms with Gasteiger partial charge in [-0.3, -0.25) is 0 Å². The third-order valence-electron chi connectivity index (χ3n) is 4.41. The second-order valence-electron chi connectivity index (χ2n) is 5.85. The normalized spacial score (nSPS) is 18.9. The first kappa shape index (κ1) is 15.7. The number of anilines is 1. The molecule has 4 N–H and O–H groups in total. The van der Waals surface area contributed by atoms with Gasteiger partial charge in [0.2, 0.25) is 0 Å². The Balaban J connectivity index is 1.81. The molecule has 2 atom stereocenters. The van der Waals surface area contributed by atoms with Crippen molar-refractivity contribution in [2.24, 2.45) is 5.73 Å². The van der Waals surface area contributed by atoms with Crippen LogP contribution < -0.4 is 11.1 Å². The van der Waals surface area contributed by atoms with E-state index in [1.54, 1.807) is 0 Å². The molecule has 23 heavy (non-hydrogen) atoms. The number of nitrogens with two attached hydrogens (primary N) is 1. The highest BCUT2D eigenvalue weighted by molar-refractivity contribution is 5.57. The second-order valence-corrected chi connectivity index (χ2v) is 5.85. The minimum atomic E-state index is -0.984. The number of fused-ring (bicyclic) bond motifs is 1. The zero-order chi connectivity index (χ0) is 16.2. The number of nitrogens with one attached hydrogen (secondary N) is 1. The minimum Gasteiger partial charge on any atom is -0.384 e. The van der Waals surface area contributed by atoms with E-state index in [2.05, 4.69) is 17.4 Å². The number of benzene rings is 2. The first-order valence-corrected chi connectivity index (χ1v) is 7.84. The van der Waals surface area contributed by atoms with Crippen molar-refractivity contribution in [1.82, 2.24) is 0 Å². The molecule has 0 fully saturated rings. The fraction of sp³-hybridized carbons (Fsp3) is 0.263. The van der Waals surface area contributed by atoms with Crippen molar-refractivity contribution in [1.29, 1.82) is 0 Å². The van der Waals surface area contributed by atoms with Crippen molar-refractivity contribution in [3.63, 3.8) is 0 Å². The van der Waals surface area contributed by atoms with Crippen LogP contribution in [0.3, 0.4) is 0 Å². The van der Waals surface area contributed by atoms with Crippen molar-refractivity contribution in [3.05, 3.63) is 77.1 Å². The van der Waals surface area contributed by atoms with E-state index < -0.39 is 6.10 Å². The summed E-state index contributed by atoms with van der Waals surface area (Å²) in [6.45, 7) is 0.00306. The molecule has 0 spiro atoms. The standard InChI is InChI=1S/C19H21FN2O/c20-11-16(12-21)19(23)15-7-9-18-14(10-15)6-8-17(22-18)13-4-2-1-3-5-13/h1-5,7,9-11,17,19,22-23H,6,8,12,21H2/b16-11+. The van der Waals surface area contributed by atoms with Crippen LogP contribution in [0.25, 0.3) is 0 Å². The Labute approximate surface area is 135 Å². The molecule has 2 unspecified atom stereocenters. The lowest BCUT2D eigenvalue weighted by molar-refractivity contribution is 0.212. The van der Waals surface area contributed by atoms with Gasteiger partial charge in [-0.1, -0.05) is 42.5 Å². The van der Waals surface area contributed by atoms with E-state index >= 15 is 0 Å². The average molecular weight is 312 g/mol. The molecule has 0 saturated heterocycles. The summed E-state index contributed by atoms with van der Waals surface area (Å²) in [5.41, 5.74) is 9.81. The van der Waals surface area contributed by atoms with Crippen LogP contribution in [0.2, 0.25) is 0 Å². The highest BCUT2D eigenvalue weighted by Gasteiger charge is 2.21. The van der Waals surface area contributed by atoms with Gasteiger partial charge in [0.05, 0.1) is 12.4 Å². The van der Waals surface area contributed by atoms with Crippen LogP contribution in [-0.2, 0) is 6.42 Å². The quantitative estimate of drug-likeness (QED) is 0.808. The Morgan fingerprint density at radius 2 is 2.09 bits per heavy atom. The van der Waals surface area contributed by atoms with E-state index in [-0.39, 0.29) is 12.1 Å². The summed E-state index contributed by atoms with van der Waals surface area (Å²) in [6.07, 6.45) is 1.31. The molecule has 0 aromatic heterocycles. The van der Waals surface area contributed by atoms with Gasteiger partial charge in [0.15, 0.2) is 0 Å². The van der Waals surface area contributed by atoms with E-state index in [1.165, 1.54) is 5.56 Å². The number of aryl methyl sites for hydroxylation is 1. The molecular formula is C19H21FN2O. The fourth-order valence-corrected chi connectivity index (χ4v) is 3.06. The Hall–Kier alpha value is -2.17. The molecule has 3 rings (SSSR count). The van der Waals surface area contributed by atoms with Gasteiger partial charge in [0.25, 0.3) is 0 Å². The summed E-state index contributed by atoms with van der Waals surface area (Å²) >= 11 is 0. The van der Waals surface area contributed by atoms with E-state index in [1.807, 2.05) is 36.4 Å². The van der Waals surface area contributed by atoms with Crippen molar-refractivity contribution < 1.29 is 9.50 Å². The van der Waals surface area contributed by atoms with Crippen LogP contribution in [0.1, 0.15) is 35.3 Å². The summed E-state index contributed by atoms with van der Waals surface area (Å²) in [7, 11) is 0. The third-order valence-corrected chi connectivity index (χ3v) is 4.41. The Morgan fingerprint density at radius 3 is 2.78 bits per heavy atom. The highest BCUT2D eigenvalue weighted by atomic mass is 19.1. The first-order chi connectivity index (χ1) is 11.2. The Bertz CT molecular complexity index is 700. The van der Waals surface area contributed by atoms with E-state index in [4.69, 9.17) is 5.73 Å². The summed E-state index contributed by atoms with van der Waals surface area (Å²) in [4.78, 5) is 0. The minimum absolute atomic E-state index is 0.00306. The maximum atomic E-state index is 12.8. The predicted molar refractivity (Wildman–Crippen MR) is 90.8 cm³/mol. The summed E-state index contributed by atoms with van der Waals surface area (Å²) in [5, 5.41) is 13.7. The van der Waals surface area contributed by atoms with E-state index in [9.17, 15) is 9.50 Å². The topological polar surface area (TPSA) is 58.3 Å². The Morgan fingerprint density at radius 1 is 1.30 bits per heavy atom. The lowest BCUT2D eigenvalue weighted by Gasteiger charge is -2.28. The molecule has 2 aromatic rings. The summed E-state index contributed by atoms with van der Waals surface area (Å²) < 4.78 is 12.8.